The van der Waals surface area contributed by atoms with Gasteiger partial charge in [-0.3, -0.25) is 4.79 Å². The van der Waals surface area contributed by atoms with Crippen LogP contribution in [0.4, 0.5) is 5.69 Å². The lowest BCUT2D eigenvalue weighted by molar-refractivity contribution is -0.113. The fourth-order valence-corrected chi connectivity index (χ4v) is 3.87. The summed E-state index contributed by atoms with van der Waals surface area (Å²) in [6, 6.07) is 15.5. The van der Waals surface area contributed by atoms with E-state index in [1.54, 1.807) is 0 Å². The number of amides is 1. The highest BCUT2D eigenvalue weighted by Crippen LogP contribution is 2.47. The first-order chi connectivity index (χ1) is 11.7. The molecule has 1 saturated carbocycles. The molecule has 1 N–H and O–H groups in total. The Morgan fingerprint density at radius 1 is 1.04 bits per heavy atom. The molecule has 0 radical (unpaired) electrons. The Hall–Kier alpha value is -2.14. The first-order valence-corrected chi connectivity index (χ1v) is 9.21. The number of hydrogen-bond donors (Lipinski definition) is 1. The lowest BCUT2D eigenvalue weighted by atomic mass is 10.2. The van der Waals surface area contributed by atoms with E-state index in [1.165, 1.54) is 11.8 Å². The van der Waals surface area contributed by atoms with Crippen molar-refractivity contribution < 1.29 is 14.3 Å². The second-order valence-corrected chi connectivity index (χ2v) is 7.18. The van der Waals surface area contributed by atoms with Crippen molar-refractivity contribution in [2.24, 2.45) is 0 Å². The summed E-state index contributed by atoms with van der Waals surface area (Å²) < 4.78 is 12.0. The average Bonchev–Trinajstić information content (AvgIpc) is 3.20. The second-order valence-electron chi connectivity index (χ2n) is 6.13. The van der Waals surface area contributed by atoms with E-state index >= 15 is 0 Å². The molecule has 4 rings (SSSR count). The maximum atomic E-state index is 12.1. The lowest BCUT2D eigenvalue weighted by Crippen LogP contribution is -2.34. The normalized spacial score (nSPS) is 17.2. The van der Waals surface area contributed by atoms with Gasteiger partial charge in [0.1, 0.15) is 0 Å². The monoisotopic (exact) mass is 341 g/mol. The van der Waals surface area contributed by atoms with E-state index in [1.807, 2.05) is 48.5 Å². The summed E-state index contributed by atoms with van der Waals surface area (Å²) in [5, 5.41) is 2.93. The van der Waals surface area contributed by atoms with E-state index in [-0.39, 0.29) is 5.91 Å². The summed E-state index contributed by atoms with van der Waals surface area (Å²) in [5.41, 5.74) is 0.742. The number of fused-ring (bicyclic) bond motifs is 1. The van der Waals surface area contributed by atoms with E-state index in [0.29, 0.717) is 5.75 Å². The van der Waals surface area contributed by atoms with Crippen molar-refractivity contribution in [3.05, 3.63) is 48.5 Å². The van der Waals surface area contributed by atoms with Crippen molar-refractivity contribution in [3.63, 3.8) is 0 Å². The molecular formula is C19H19NO3S. The van der Waals surface area contributed by atoms with Crippen LogP contribution in [0, 0.1) is 0 Å². The van der Waals surface area contributed by atoms with Crippen LogP contribution in [0.1, 0.15) is 25.7 Å². The van der Waals surface area contributed by atoms with Crippen LogP contribution >= 0.6 is 11.8 Å². The number of anilines is 1. The molecular weight excluding hydrogens is 322 g/mol. The Bertz CT molecular complexity index is 742. The average molecular weight is 341 g/mol. The number of rotatable bonds is 4. The molecule has 0 atom stereocenters. The van der Waals surface area contributed by atoms with Crippen LogP contribution in [0.25, 0.3) is 0 Å². The molecule has 2 aromatic carbocycles. The van der Waals surface area contributed by atoms with Crippen LogP contribution < -0.4 is 14.8 Å². The summed E-state index contributed by atoms with van der Waals surface area (Å²) in [5.74, 6) is 1.38. The molecule has 4 nitrogen and oxygen atoms in total. The molecule has 2 aliphatic rings. The van der Waals surface area contributed by atoms with Gasteiger partial charge in [0, 0.05) is 29.5 Å². The van der Waals surface area contributed by atoms with E-state index in [0.717, 1.165) is 47.8 Å². The summed E-state index contributed by atoms with van der Waals surface area (Å²) in [4.78, 5) is 13.2. The van der Waals surface area contributed by atoms with Crippen LogP contribution in [0.3, 0.4) is 0 Å². The van der Waals surface area contributed by atoms with Gasteiger partial charge < -0.3 is 14.8 Å². The van der Waals surface area contributed by atoms with Crippen molar-refractivity contribution in [3.8, 4) is 11.5 Å². The summed E-state index contributed by atoms with van der Waals surface area (Å²) >= 11 is 1.52. The van der Waals surface area contributed by atoms with Crippen molar-refractivity contribution in [1.82, 2.24) is 0 Å². The molecule has 24 heavy (non-hydrogen) atoms. The number of ether oxygens (including phenoxy) is 2. The van der Waals surface area contributed by atoms with Crippen LogP contribution in [-0.4, -0.2) is 17.4 Å². The predicted molar refractivity (Wildman–Crippen MR) is 94.7 cm³/mol. The highest BCUT2D eigenvalue weighted by molar-refractivity contribution is 8.00. The Balaban J connectivity index is 1.37. The van der Waals surface area contributed by atoms with Gasteiger partial charge in [-0.1, -0.05) is 18.2 Å². The summed E-state index contributed by atoms with van der Waals surface area (Å²) in [6.45, 7) is 0. The highest BCUT2D eigenvalue weighted by Gasteiger charge is 2.44. The number of nitrogens with one attached hydrogen (secondary N) is 1. The maximum Gasteiger partial charge on any atom is 0.251 e. The van der Waals surface area contributed by atoms with Crippen molar-refractivity contribution in [2.45, 2.75) is 36.4 Å². The minimum absolute atomic E-state index is 0.0294. The van der Waals surface area contributed by atoms with E-state index < -0.39 is 5.79 Å². The minimum Gasteiger partial charge on any atom is -0.448 e. The van der Waals surface area contributed by atoms with Gasteiger partial charge in [0.2, 0.25) is 5.91 Å². The second kappa shape index (κ2) is 6.40. The van der Waals surface area contributed by atoms with Gasteiger partial charge in [-0.25, -0.2) is 0 Å². The number of carbonyl (C=O) groups excluding carboxylic acids is 1. The molecule has 0 aromatic heterocycles. The van der Waals surface area contributed by atoms with Gasteiger partial charge in [0.25, 0.3) is 5.79 Å². The zero-order valence-electron chi connectivity index (χ0n) is 13.3. The maximum absolute atomic E-state index is 12.1. The number of carbonyl (C=O) groups is 1. The molecule has 0 saturated heterocycles. The zero-order valence-corrected chi connectivity index (χ0v) is 14.1. The molecule has 1 aliphatic heterocycles. The fourth-order valence-electron chi connectivity index (χ4n) is 3.15. The van der Waals surface area contributed by atoms with Crippen LogP contribution in [0.5, 0.6) is 11.5 Å². The Labute approximate surface area is 145 Å². The molecule has 2 aromatic rings. The van der Waals surface area contributed by atoms with Gasteiger partial charge >= 0.3 is 0 Å². The lowest BCUT2D eigenvalue weighted by Gasteiger charge is -2.21. The summed E-state index contributed by atoms with van der Waals surface area (Å²) in [7, 11) is 0. The van der Waals surface area contributed by atoms with Crippen LogP contribution in [-0.2, 0) is 4.79 Å². The first-order valence-electron chi connectivity index (χ1n) is 8.22. The fraction of sp³-hybridized carbons (Fsp3) is 0.316. The molecule has 124 valence electrons. The quantitative estimate of drug-likeness (QED) is 0.834. The Morgan fingerprint density at radius 2 is 1.79 bits per heavy atom. The minimum atomic E-state index is -0.464. The van der Waals surface area contributed by atoms with Crippen molar-refractivity contribution in [2.75, 3.05) is 11.1 Å². The topological polar surface area (TPSA) is 47.6 Å². The Morgan fingerprint density at radius 3 is 2.58 bits per heavy atom. The number of benzene rings is 2. The van der Waals surface area contributed by atoms with E-state index in [2.05, 4.69) is 5.32 Å². The highest BCUT2D eigenvalue weighted by atomic mass is 32.2. The summed E-state index contributed by atoms with van der Waals surface area (Å²) in [6.07, 6.45) is 4.12. The zero-order chi connectivity index (χ0) is 16.4. The van der Waals surface area contributed by atoms with E-state index in [9.17, 15) is 4.79 Å². The van der Waals surface area contributed by atoms with Crippen molar-refractivity contribution >= 4 is 23.4 Å². The molecule has 1 aliphatic carbocycles. The van der Waals surface area contributed by atoms with Gasteiger partial charge in [-0.05, 0) is 37.1 Å². The first kappa shape index (κ1) is 15.4. The third-order valence-electron chi connectivity index (χ3n) is 4.30. The van der Waals surface area contributed by atoms with Gasteiger partial charge in [-0.2, -0.15) is 0 Å². The smallest absolute Gasteiger partial charge is 0.251 e. The SMILES string of the molecule is O=C(CSc1ccccc1)Nc1ccc2c(c1)OC1(CCCC1)O2. The van der Waals surface area contributed by atoms with Crippen LogP contribution in [0.15, 0.2) is 53.4 Å². The molecule has 0 bridgehead atoms. The molecule has 0 unspecified atom stereocenters. The molecule has 1 heterocycles. The Kier molecular flexibility index (Phi) is 4.10. The van der Waals surface area contributed by atoms with E-state index in [4.69, 9.17) is 9.47 Å². The molecule has 1 fully saturated rings. The van der Waals surface area contributed by atoms with Crippen LogP contribution in [0.2, 0.25) is 0 Å². The third kappa shape index (κ3) is 3.22. The number of hydrogen-bond acceptors (Lipinski definition) is 4. The van der Waals surface area contributed by atoms with Gasteiger partial charge in [0.15, 0.2) is 11.5 Å². The predicted octanol–water partition coefficient (Wildman–Crippen LogP) is 4.46. The molecule has 1 amide bonds. The standard InChI is InChI=1S/C19H19NO3S/c21-18(13-24-15-6-2-1-3-7-15)20-14-8-9-16-17(12-14)23-19(22-16)10-4-5-11-19/h1-3,6-9,12H,4-5,10-11,13H2,(H,20,21). The molecule has 5 heteroatoms. The number of thioether (sulfide) groups is 1. The third-order valence-corrected chi connectivity index (χ3v) is 5.31. The van der Waals surface area contributed by atoms with Gasteiger partial charge in [0.05, 0.1) is 5.75 Å². The largest absolute Gasteiger partial charge is 0.448 e. The van der Waals surface area contributed by atoms with Crippen molar-refractivity contribution in [1.29, 1.82) is 0 Å². The molecule has 1 spiro atoms. The van der Waals surface area contributed by atoms with Gasteiger partial charge in [-0.15, -0.1) is 11.8 Å².